The van der Waals surface area contributed by atoms with Gasteiger partial charge in [-0.05, 0) is 18.1 Å². The van der Waals surface area contributed by atoms with E-state index in [0.29, 0.717) is 13.0 Å². The predicted octanol–water partition coefficient (Wildman–Crippen LogP) is 3.19. The fourth-order valence-corrected chi connectivity index (χ4v) is 3.28. The number of hydrogen-bond acceptors (Lipinski definition) is 4. The smallest absolute Gasteiger partial charge is 0.262 e. The summed E-state index contributed by atoms with van der Waals surface area (Å²) in [6.07, 6.45) is 3.93. The van der Waals surface area contributed by atoms with Crippen LogP contribution in [0.2, 0.25) is 5.02 Å². The lowest BCUT2D eigenvalue weighted by atomic mass is 10.1. The Morgan fingerprint density at radius 2 is 2.04 bits per heavy atom. The molecule has 0 saturated carbocycles. The van der Waals surface area contributed by atoms with Gasteiger partial charge in [0.05, 0.1) is 16.7 Å². The molecule has 0 atom stereocenters. The molecule has 2 aromatic heterocycles. The first kappa shape index (κ1) is 15.5. The summed E-state index contributed by atoms with van der Waals surface area (Å²) in [6.45, 7) is 0.418. The molecule has 0 bridgehead atoms. The normalized spacial score (nSPS) is 11.4. The second-order valence-corrected chi connectivity index (χ2v) is 6.21. The predicted molar refractivity (Wildman–Crippen MR) is 96.3 cm³/mol. The molecule has 7 heteroatoms. The third-order valence-electron chi connectivity index (χ3n) is 4.30. The number of halogens is 1. The Bertz CT molecular complexity index is 1160. The molecule has 126 valence electrons. The average molecular weight is 356 g/mol. The second-order valence-electron chi connectivity index (χ2n) is 5.80. The quantitative estimate of drug-likeness (QED) is 0.492. The molecule has 0 fully saturated rings. The molecule has 6 nitrogen and oxygen atoms in total. The van der Waals surface area contributed by atoms with Crippen LogP contribution in [-0.2, 0) is 13.0 Å². The monoisotopic (exact) mass is 355 g/mol. The molecule has 0 aliphatic carbocycles. The van der Waals surface area contributed by atoms with Crippen molar-refractivity contribution in [1.29, 1.82) is 0 Å². The molecule has 4 rings (SSSR count). The van der Waals surface area contributed by atoms with E-state index in [-0.39, 0.29) is 21.5 Å². The van der Waals surface area contributed by atoms with E-state index < -0.39 is 11.5 Å². The Kier molecular flexibility index (Phi) is 3.62. The van der Waals surface area contributed by atoms with Gasteiger partial charge in [0.25, 0.3) is 5.56 Å². The van der Waals surface area contributed by atoms with Crippen LogP contribution in [0.1, 0.15) is 5.56 Å². The molecular formula is C18H14ClN3O3. The number of H-pyrrole nitrogens is 1. The van der Waals surface area contributed by atoms with Crippen LogP contribution < -0.4 is 5.56 Å². The highest BCUT2D eigenvalue weighted by atomic mass is 35.5. The highest BCUT2D eigenvalue weighted by Gasteiger charge is 2.15. The van der Waals surface area contributed by atoms with Gasteiger partial charge in [-0.15, -0.1) is 0 Å². The van der Waals surface area contributed by atoms with Gasteiger partial charge in [-0.25, -0.2) is 4.98 Å². The Hall–Kier alpha value is -2.99. The number of fused-ring (bicyclic) bond motifs is 2. The standard InChI is InChI=1S/C18H14ClN3O3/c19-12-7-14(23)17(24)16-15(12)18(25)22(9-21-16)6-5-10-8-20-13-4-2-1-3-11(10)13/h1-4,7-9,20,23-24H,5-6H2. The molecule has 2 heterocycles. The van der Waals surface area contributed by atoms with E-state index in [1.54, 1.807) is 0 Å². The maximum atomic E-state index is 12.7. The Morgan fingerprint density at radius 3 is 2.88 bits per heavy atom. The maximum Gasteiger partial charge on any atom is 0.262 e. The van der Waals surface area contributed by atoms with Crippen LogP contribution in [0, 0.1) is 0 Å². The van der Waals surface area contributed by atoms with Gasteiger partial charge in [0.2, 0.25) is 0 Å². The second kappa shape index (κ2) is 5.82. The van der Waals surface area contributed by atoms with E-state index in [4.69, 9.17) is 11.6 Å². The number of para-hydroxylation sites is 1. The molecule has 0 aliphatic heterocycles. The van der Waals surface area contributed by atoms with Crippen LogP contribution in [-0.4, -0.2) is 24.7 Å². The molecule has 0 unspecified atom stereocenters. The zero-order valence-corrected chi connectivity index (χ0v) is 13.8. The Labute approximate surface area is 146 Å². The highest BCUT2D eigenvalue weighted by molar-refractivity contribution is 6.35. The zero-order chi connectivity index (χ0) is 17.6. The molecule has 2 aromatic carbocycles. The summed E-state index contributed by atoms with van der Waals surface area (Å²) in [4.78, 5) is 20.0. The van der Waals surface area contributed by atoms with Crippen LogP contribution in [0.4, 0.5) is 0 Å². The number of phenolic OH excluding ortho intramolecular Hbond substituents is 2. The van der Waals surface area contributed by atoms with Crippen molar-refractivity contribution in [3.8, 4) is 11.5 Å². The minimum absolute atomic E-state index is 0.00153. The molecule has 0 radical (unpaired) electrons. The van der Waals surface area contributed by atoms with E-state index in [1.165, 1.54) is 10.9 Å². The Morgan fingerprint density at radius 1 is 1.24 bits per heavy atom. The fraction of sp³-hybridized carbons (Fsp3) is 0.111. The van der Waals surface area contributed by atoms with Crippen molar-refractivity contribution in [2.24, 2.45) is 0 Å². The summed E-state index contributed by atoms with van der Waals surface area (Å²) in [6, 6.07) is 9.10. The van der Waals surface area contributed by atoms with Gasteiger partial charge in [-0.1, -0.05) is 29.8 Å². The lowest BCUT2D eigenvalue weighted by molar-refractivity contribution is 0.407. The van der Waals surface area contributed by atoms with E-state index in [9.17, 15) is 15.0 Å². The lowest BCUT2D eigenvalue weighted by Crippen LogP contribution is -2.22. The van der Waals surface area contributed by atoms with Crippen molar-refractivity contribution < 1.29 is 10.2 Å². The first-order chi connectivity index (χ1) is 12.1. The van der Waals surface area contributed by atoms with Crippen LogP contribution in [0.25, 0.3) is 21.8 Å². The van der Waals surface area contributed by atoms with Crippen LogP contribution in [0.5, 0.6) is 11.5 Å². The average Bonchev–Trinajstić information content (AvgIpc) is 3.02. The SMILES string of the molecule is O=c1c2c(Cl)cc(O)c(O)c2ncn1CCc1c[nH]c2ccccc12. The van der Waals surface area contributed by atoms with Gasteiger partial charge < -0.3 is 15.2 Å². The number of aryl methyl sites for hydroxylation is 2. The number of rotatable bonds is 3. The number of hydrogen-bond donors (Lipinski definition) is 3. The minimum atomic E-state index is -0.444. The number of aromatic nitrogens is 3. The molecule has 4 aromatic rings. The van der Waals surface area contributed by atoms with Crippen molar-refractivity contribution in [2.45, 2.75) is 13.0 Å². The van der Waals surface area contributed by atoms with Crippen molar-refractivity contribution in [3.05, 3.63) is 63.8 Å². The van der Waals surface area contributed by atoms with E-state index in [0.717, 1.165) is 22.5 Å². The molecular weight excluding hydrogens is 342 g/mol. The third-order valence-corrected chi connectivity index (χ3v) is 4.60. The summed E-state index contributed by atoms with van der Waals surface area (Å²) >= 11 is 6.06. The van der Waals surface area contributed by atoms with Gasteiger partial charge in [0.1, 0.15) is 5.52 Å². The highest BCUT2D eigenvalue weighted by Crippen LogP contribution is 2.35. The van der Waals surface area contributed by atoms with Crippen molar-refractivity contribution >= 4 is 33.4 Å². The lowest BCUT2D eigenvalue weighted by Gasteiger charge is -2.09. The zero-order valence-electron chi connectivity index (χ0n) is 13.0. The minimum Gasteiger partial charge on any atom is -0.504 e. The van der Waals surface area contributed by atoms with Crippen LogP contribution >= 0.6 is 11.6 Å². The number of nitrogens with zero attached hydrogens (tertiary/aromatic N) is 2. The Balaban J connectivity index is 1.73. The molecule has 0 spiro atoms. The van der Waals surface area contributed by atoms with Crippen LogP contribution in [0.3, 0.4) is 0 Å². The van der Waals surface area contributed by atoms with Crippen molar-refractivity contribution in [2.75, 3.05) is 0 Å². The van der Waals surface area contributed by atoms with Gasteiger partial charge in [-0.3, -0.25) is 9.36 Å². The maximum absolute atomic E-state index is 12.7. The molecule has 0 amide bonds. The first-order valence-corrected chi connectivity index (χ1v) is 8.08. The largest absolute Gasteiger partial charge is 0.504 e. The van der Waals surface area contributed by atoms with Gasteiger partial charge in [-0.2, -0.15) is 0 Å². The fourth-order valence-electron chi connectivity index (χ4n) is 3.00. The topological polar surface area (TPSA) is 91.1 Å². The third kappa shape index (κ3) is 2.51. The summed E-state index contributed by atoms with van der Waals surface area (Å²) in [5.41, 5.74) is 1.79. The van der Waals surface area contributed by atoms with E-state index in [2.05, 4.69) is 9.97 Å². The number of aromatic hydroxyl groups is 2. The molecule has 3 N–H and O–H groups in total. The van der Waals surface area contributed by atoms with Crippen LogP contribution in [0.15, 0.2) is 47.7 Å². The van der Waals surface area contributed by atoms with Crippen molar-refractivity contribution in [3.63, 3.8) is 0 Å². The van der Waals surface area contributed by atoms with E-state index in [1.807, 2.05) is 30.5 Å². The van der Waals surface area contributed by atoms with Gasteiger partial charge in [0, 0.05) is 29.7 Å². The molecule has 0 saturated heterocycles. The molecule has 25 heavy (non-hydrogen) atoms. The summed E-state index contributed by atoms with van der Waals surface area (Å²) < 4.78 is 1.45. The number of phenols is 2. The van der Waals surface area contributed by atoms with Gasteiger partial charge >= 0.3 is 0 Å². The molecule has 0 aliphatic rings. The number of aromatic amines is 1. The van der Waals surface area contributed by atoms with Gasteiger partial charge in [0.15, 0.2) is 11.5 Å². The first-order valence-electron chi connectivity index (χ1n) is 7.71. The number of nitrogens with one attached hydrogen (secondary N) is 1. The summed E-state index contributed by atoms with van der Waals surface area (Å²) in [5, 5.41) is 20.7. The van der Waals surface area contributed by atoms with E-state index >= 15 is 0 Å². The number of benzene rings is 2. The summed E-state index contributed by atoms with van der Waals surface area (Å²) in [5.74, 6) is -0.846. The summed E-state index contributed by atoms with van der Waals surface area (Å²) in [7, 11) is 0. The van der Waals surface area contributed by atoms with Crippen molar-refractivity contribution in [1.82, 2.24) is 14.5 Å².